The van der Waals surface area contributed by atoms with Crippen LogP contribution in [0, 0.1) is 17.3 Å². The predicted octanol–water partition coefficient (Wildman–Crippen LogP) is 3.64. The Kier molecular flexibility index (Phi) is 5.86. The first-order chi connectivity index (χ1) is 11.4. The molecule has 0 bridgehead atoms. The lowest BCUT2D eigenvalue weighted by molar-refractivity contribution is -0.143. The first kappa shape index (κ1) is 18.2. The number of rotatable bonds is 3. The Balaban J connectivity index is 1.46. The van der Waals surface area contributed by atoms with Crippen LogP contribution in [0.4, 0.5) is 0 Å². The van der Waals surface area contributed by atoms with Crippen LogP contribution in [0.25, 0.3) is 0 Å². The van der Waals surface area contributed by atoms with E-state index >= 15 is 0 Å². The zero-order valence-corrected chi connectivity index (χ0v) is 15.8. The molecule has 2 aliphatic heterocycles. The third-order valence-electron chi connectivity index (χ3n) is 6.04. The molecule has 0 radical (unpaired) electrons. The standard InChI is InChI=1S/C20H35NO3/c1-15-12-16(14-20(2,3)13-15)19(22)21-8-4-17(5-9-21)24-18-6-10-23-11-7-18/h15-18H,4-14H2,1-3H3/t15-,16+/m0/s1. The molecule has 0 aromatic carbocycles. The normalized spacial score (nSPS) is 32.7. The van der Waals surface area contributed by atoms with Gasteiger partial charge in [0, 0.05) is 32.2 Å². The van der Waals surface area contributed by atoms with Crippen molar-refractivity contribution in [3.05, 3.63) is 0 Å². The lowest BCUT2D eigenvalue weighted by atomic mass is 9.67. The molecule has 2 heterocycles. The first-order valence-electron chi connectivity index (χ1n) is 9.95. The maximum atomic E-state index is 13.0. The van der Waals surface area contributed by atoms with E-state index in [4.69, 9.17) is 9.47 Å². The molecule has 24 heavy (non-hydrogen) atoms. The van der Waals surface area contributed by atoms with Crippen molar-refractivity contribution in [1.82, 2.24) is 4.90 Å². The molecule has 0 spiro atoms. The SMILES string of the molecule is C[C@H]1C[C@@H](C(=O)N2CCC(OC3CCOCC3)CC2)CC(C)(C)C1. The fraction of sp³-hybridized carbons (Fsp3) is 0.950. The average molecular weight is 338 g/mol. The minimum absolute atomic E-state index is 0.233. The minimum Gasteiger partial charge on any atom is -0.381 e. The van der Waals surface area contributed by atoms with Crippen molar-refractivity contribution in [3.8, 4) is 0 Å². The fourth-order valence-corrected chi connectivity index (χ4v) is 5.09. The summed E-state index contributed by atoms with van der Waals surface area (Å²) in [7, 11) is 0. The highest BCUT2D eigenvalue weighted by Gasteiger charge is 2.38. The largest absolute Gasteiger partial charge is 0.381 e. The molecule has 4 heteroatoms. The van der Waals surface area contributed by atoms with Gasteiger partial charge in [0.25, 0.3) is 0 Å². The van der Waals surface area contributed by atoms with E-state index in [2.05, 4.69) is 25.7 Å². The minimum atomic E-state index is 0.233. The van der Waals surface area contributed by atoms with Gasteiger partial charge in [-0.2, -0.15) is 0 Å². The van der Waals surface area contributed by atoms with E-state index in [9.17, 15) is 4.79 Å². The monoisotopic (exact) mass is 337 g/mol. The van der Waals surface area contributed by atoms with Gasteiger partial charge in [-0.15, -0.1) is 0 Å². The van der Waals surface area contributed by atoms with Crippen LogP contribution in [0.3, 0.4) is 0 Å². The van der Waals surface area contributed by atoms with Crippen LogP contribution in [0.5, 0.6) is 0 Å². The summed E-state index contributed by atoms with van der Waals surface area (Å²) in [5, 5.41) is 0. The van der Waals surface area contributed by atoms with Crippen LogP contribution in [0.15, 0.2) is 0 Å². The molecule has 4 nitrogen and oxygen atoms in total. The molecule has 0 aromatic rings. The summed E-state index contributed by atoms with van der Waals surface area (Å²) in [6, 6.07) is 0. The van der Waals surface area contributed by atoms with Crippen LogP contribution >= 0.6 is 0 Å². The maximum Gasteiger partial charge on any atom is 0.225 e. The number of likely N-dealkylation sites (tertiary alicyclic amines) is 1. The van der Waals surface area contributed by atoms with Crippen molar-refractivity contribution in [3.63, 3.8) is 0 Å². The second-order valence-corrected chi connectivity index (χ2v) is 9.08. The van der Waals surface area contributed by atoms with Gasteiger partial charge in [-0.25, -0.2) is 0 Å². The number of hydrogen-bond donors (Lipinski definition) is 0. The van der Waals surface area contributed by atoms with E-state index in [1.807, 2.05) is 0 Å². The lowest BCUT2D eigenvalue weighted by Crippen LogP contribution is -2.46. The number of nitrogens with zero attached hydrogens (tertiary/aromatic N) is 1. The second kappa shape index (κ2) is 7.74. The average Bonchev–Trinajstić information content (AvgIpc) is 2.54. The van der Waals surface area contributed by atoms with Crippen LogP contribution in [-0.4, -0.2) is 49.3 Å². The van der Waals surface area contributed by atoms with Gasteiger partial charge >= 0.3 is 0 Å². The Labute approximate surface area is 147 Å². The van der Waals surface area contributed by atoms with Gasteiger partial charge in [-0.3, -0.25) is 4.79 Å². The van der Waals surface area contributed by atoms with E-state index < -0.39 is 0 Å². The molecule has 3 fully saturated rings. The molecule has 1 aliphatic carbocycles. The molecule has 3 rings (SSSR count). The van der Waals surface area contributed by atoms with Gasteiger partial charge in [0.2, 0.25) is 5.91 Å². The van der Waals surface area contributed by atoms with Crippen molar-refractivity contribution < 1.29 is 14.3 Å². The number of hydrogen-bond acceptors (Lipinski definition) is 3. The van der Waals surface area contributed by atoms with E-state index in [0.717, 1.165) is 64.8 Å². The lowest BCUT2D eigenvalue weighted by Gasteiger charge is -2.41. The van der Waals surface area contributed by atoms with Gasteiger partial charge in [0.15, 0.2) is 0 Å². The predicted molar refractivity (Wildman–Crippen MR) is 94.8 cm³/mol. The summed E-state index contributed by atoms with van der Waals surface area (Å²) < 4.78 is 11.6. The maximum absolute atomic E-state index is 13.0. The highest BCUT2D eigenvalue weighted by atomic mass is 16.5. The Bertz CT molecular complexity index is 423. The zero-order valence-electron chi connectivity index (χ0n) is 15.8. The first-order valence-corrected chi connectivity index (χ1v) is 9.95. The molecule has 3 aliphatic rings. The summed E-state index contributed by atoms with van der Waals surface area (Å²) in [5.41, 5.74) is 0.308. The molecule has 1 saturated carbocycles. The fourth-order valence-electron chi connectivity index (χ4n) is 5.09. The number of piperidine rings is 1. The number of carbonyl (C=O) groups excluding carboxylic acids is 1. The van der Waals surface area contributed by atoms with Gasteiger partial charge in [-0.1, -0.05) is 20.8 Å². The molecule has 2 atom stereocenters. The van der Waals surface area contributed by atoms with Crippen LogP contribution in [-0.2, 0) is 14.3 Å². The van der Waals surface area contributed by atoms with Crippen LogP contribution in [0.1, 0.15) is 65.7 Å². The van der Waals surface area contributed by atoms with E-state index in [0.29, 0.717) is 29.4 Å². The Morgan fingerprint density at radius 2 is 1.67 bits per heavy atom. The Morgan fingerprint density at radius 3 is 2.29 bits per heavy atom. The van der Waals surface area contributed by atoms with Crippen molar-refractivity contribution in [2.45, 2.75) is 77.9 Å². The quantitative estimate of drug-likeness (QED) is 0.789. The third kappa shape index (κ3) is 4.72. The van der Waals surface area contributed by atoms with Gasteiger partial charge < -0.3 is 14.4 Å². The van der Waals surface area contributed by atoms with Crippen molar-refractivity contribution in [1.29, 1.82) is 0 Å². The Hall–Kier alpha value is -0.610. The van der Waals surface area contributed by atoms with Crippen molar-refractivity contribution >= 4 is 5.91 Å². The molecule has 1 amide bonds. The summed E-state index contributed by atoms with van der Waals surface area (Å²) in [4.78, 5) is 15.1. The zero-order chi connectivity index (χ0) is 17.2. The molecule has 138 valence electrons. The number of ether oxygens (including phenoxy) is 2. The second-order valence-electron chi connectivity index (χ2n) is 9.08. The van der Waals surface area contributed by atoms with Gasteiger partial charge in [0.1, 0.15) is 0 Å². The topological polar surface area (TPSA) is 38.8 Å². The molecule has 0 unspecified atom stereocenters. The molecule has 2 saturated heterocycles. The summed E-state index contributed by atoms with van der Waals surface area (Å²) in [6.45, 7) is 10.3. The van der Waals surface area contributed by atoms with E-state index in [1.54, 1.807) is 0 Å². The molecule has 0 aromatic heterocycles. The number of carbonyl (C=O) groups is 1. The van der Waals surface area contributed by atoms with Gasteiger partial charge in [0.05, 0.1) is 12.2 Å². The third-order valence-corrected chi connectivity index (χ3v) is 6.04. The molecular formula is C20H35NO3. The molecule has 0 N–H and O–H groups in total. The summed E-state index contributed by atoms with van der Waals surface area (Å²) in [6.07, 6.45) is 8.10. The highest BCUT2D eigenvalue weighted by Crippen LogP contribution is 2.42. The number of amides is 1. The Morgan fingerprint density at radius 1 is 1.04 bits per heavy atom. The van der Waals surface area contributed by atoms with Crippen LogP contribution < -0.4 is 0 Å². The van der Waals surface area contributed by atoms with Crippen LogP contribution in [0.2, 0.25) is 0 Å². The smallest absolute Gasteiger partial charge is 0.225 e. The van der Waals surface area contributed by atoms with Gasteiger partial charge in [-0.05, 0) is 56.3 Å². The van der Waals surface area contributed by atoms with Crippen molar-refractivity contribution in [2.24, 2.45) is 17.3 Å². The van der Waals surface area contributed by atoms with Crippen molar-refractivity contribution in [2.75, 3.05) is 26.3 Å². The van der Waals surface area contributed by atoms with E-state index in [-0.39, 0.29) is 5.92 Å². The molecular weight excluding hydrogens is 302 g/mol. The highest BCUT2D eigenvalue weighted by molar-refractivity contribution is 5.79. The summed E-state index contributed by atoms with van der Waals surface area (Å²) in [5.74, 6) is 1.30. The van der Waals surface area contributed by atoms with E-state index in [1.165, 1.54) is 6.42 Å². The summed E-state index contributed by atoms with van der Waals surface area (Å²) >= 11 is 0.